The molecule has 0 saturated carbocycles. The van der Waals surface area contributed by atoms with Gasteiger partial charge in [0.2, 0.25) is 0 Å². The molecule has 104 valence electrons. The highest BCUT2D eigenvalue weighted by Gasteiger charge is 2.12. The Kier molecular flexibility index (Phi) is 3.69. The van der Waals surface area contributed by atoms with E-state index in [-0.39, 0.29) is 0 Å². The average Bonchev–Trinajstić information content (AvgIpc) is 3.05. The number of alkyl halides is 1. The molecule has 3 rings (SSSR count). The van der Waals surface area contributed by atoms with Crippen molar-refractivity contribution in [2.24, 2.45) is 0 Å². The number of imidazole rings is 1. The Hall–Kier alpha value is -1.88. The zero-order valence-corrected chi connectivity index (χ0v) is 12.1. The van der Waals surface area contributed by atoms with Crippen LogP contribution in [0.3, 0.4) is 0 Å². The molecule has 1 aromatic carbocycles. The van der Waals surface area contributed by atoms with Crippen LogP contribution in [0.5, 0.6) is 0 Å². The van der Waals surface area contributed by atoms with E-state index >= 15 is 0 Å². The molecule has 0 spiro atoms. The van der Waals surface area contributed by atoms with Gasteiger partial charge in [-0.25, -0.2) is 4.98 Å². The van der Waals surface area contributed by atoms with Crippen LogP contribution in [-0.2, 0) is 19.5 Å². The molecule has 0 radical (unpaired) electrons. The van der Waals surface area contributed by atoms with Crippen molar-refractivity contribution in [3.63, 3.8) is 0 Å². The van der Waals surface area contributed by atoms with Crippen molar-refractivity contribution in [2.75, 3.05) is 5.88 Å². The second kappa shape index (κ2) is 5.63. The summed E-state index contributed by atoms with van der Waals surface area (Å²) in [5, 5.41) is 8.18. The molecule has 0 atom stereocenters. The van der Waals surface area contributed by atoms with E-state index in [1.165, 1.54) is 0 Å². The van der Waals surface area contributed by atoms with E-state index in [0.717, 1.165) is 35.6 Å². The van der Waals surface area contributed by atoms with Crippen LogP contribution < -0.4 is 0 Å². The molecule has 20 heavy (non-hydrogen) atoms. The monoisotopic (exact) mass is 289 g/mol. The molecule has 0 unspecified atom stereocenters. The molecule has 0 fully saturated rings. The fourth-order valence-corrected chi connectivity index (χ4v) is 2.55. The molecule has 3 aromatic rings. The summed E-state index contributed by atoms with van der Waals surface area (Å²) in [6.45, 7) is 3.61. The highest BCUT2D eigenvalue weighted by molar-refractivity contribution is 6.17. The first-order chi connectivity index (χ1) is 9.83. The summed E-state index contributed by atoms with van der Waals surface area (Å²) in [6, 6.07) is 8.12. The van der Waals surface area contributed by atoms with Crippen molar-refractivity contribution in [2.45, 2.75) is 26.4 Å². The van der Waals surface area contributed by atoms with Crippen LogP contribution >= 0.6 is 11.6 Å². The van der Waals surface area contributed by atoms with Crippen molar-refractivity contribution in [1.82, 2.24) is 24.3 Å². The smallest absolute Gasteiger partial charge is 0.152 e. The molecule has 0 bridgehead atoms. The lowest BCUT2D eigenvalue weighted by Gasteiger charge is -2.09. The van der Waals surface area contributed by atoms with Crippen LogP contribution in [0.1, 0.15) is 18.6 Å². The molecule has 0 saturated heterocycles. The van der Waals surface area contributed by atoms with E-state index in [2.05, 4.69) is 32.7 Å². The number of rotatable bonds is 5. The molecule has 5 nitrogen and oxygen atoms in total. The predicted molar refractivity (Wildman–Crippen MR) is 79.0 cm³/mol. The zero-order valence-electron chi connectivity index (χ0n) is 11.3. The van der Waals surface area contributed by atoms with E-state index in [0.29, 0.717) is 12.4 Å². The first-order valence-corrected chi connectivity index (χ1v) is 7.23. The van der Waals surface area contributed by atoms with Gasteiger partial charge in [-0.05, 0) is 19.1 Å². The molecule has 2 heterocycles. The van der Waals surface area contributed by atoms with Crippen LogP contribution in [0.4, 0.5) is 0 Å². The van der Waals surface area contributed by atoms with Gasteiger partial charge in [-0.15, -0.1) is 21.8 Å². The summed E-state index contributed by atoms with van der Waals surface area (Å²) in [4.78, 5) is 4.66. The normalized spacial score (nSPS) is 11.3. The van der Waals surface area contributed by atoms with Gasteiger partial charge in [0, 0.05) is 18.8 Å². The fraction of sp³-hybridized carbons (Fsp3) is 0.357. The van der Waals surface area contributed by atoms with Crippen LogP contribution in [0.25, 0.3) is 11.0 Å². The van der Waals surface area contributed by atoms with Crippen molar-refractivity contribution in [3.05, 3.63) is 42.2 Å². The Morgan fingerprint density at radius 3 is 2.85 bits per heavy atom. The highest BCUT2D eigenvalue weighted by atomic mass is 35.5. The maximum Gasteiger partial charge on any atom is 0.152 e. The van der Waals surface area contributed by atoms with E-state index < -0.39 is 0 Å². The second-order valence-electron chi connectivity index (χ2n) is 4.58. The van der Waals surface area contributed by atoms with Gasteiger partial charge < -0.3 is 9.13 Å². The Morgan fingerprint density at radius 1 is 1.20 bits per heavy atom. The van der Waals surface area contributed by atoms with Gasteiger partial charge >= 0.3 is 0 Å². The maximum atomic E-state index is 5.89. The number of nitrogens with zero attached hydrogens (tertiary/aromatic N) is 5. The van der Waals surface area contributed by atoms with Crippen LogP contribution in [0, 0.1) is 0 Å². The van der Waals surface area contributed by atoms with Gasteiger partial charge in [0.15, 0.2) is 5.82 Å². The number of fused-ring (bicyclic) bond motifs is 1. The quantitative estimate of drug-likeness (QED) is 0.678. The summed E-state index contributed by atoms with van der Waals surface area (Å²) < 4.78 is 4.22. The largest absolute Gasteiger partial charge is 0.320 e. The minimum Gasteiger partial charge on any atom is -0.320 e. The molecule has 0 amide bonds. The van der Waals surface area contributed by atoms with Crippen molar-refractivity contribution in [1.29, 1.82) is 0 Å². The summed E-state index contributed by atoms with van der Waals surface area (Å²) >= 11 is 5.89. The van der Waals surface area contributed by atoms with Gasteiger partial charge in [0.1, 0.15) is 12.2 Å². The van der Waals surface area contributed by atoms with Crippen LogP contribution in [0.2, 0.25) is 0 Å². The SMILES string of the molecule is CCn1cnnc1Cn1c(CCCl)nc2ccccc21. The number of hydrogen-bond acceptors (Lipinski definition) is 3. The number of aromatic nitrogens is 5. The van der Waals surface area contributed by atoms with Crippen molar-refractivity contribution in [3.8, 4) is 0 Å². The van der Waals surface area contributed by atoms with Crippen LogP contribution in [0.15, 0.2) is 30.6 Å². The predicted octanol–water partition coefficient (Wildman–Crippen LogP) is 2.48. The third-order valence-corrected chi connectivity index (χ3v) is 3.58. The van der Waals surface area contributed by atoms with Gasteiger partial charge in [-0.3, -0.25) is 0 Å². The highest BCUT2D eigenvalue weighted by Crippen LogP contribution is 2.18. The molecule has 2 aromatic heterocycles. The lowest BCUT2D eigenvalue weighted by molar-refractivity contribution is 0.643. The third kappa shape index (κ3) is 2.29. The Balaban J connectivity index is 2.06. The lowest BCUT2D eigenvalue weighted by atomic mass is 10.3. The topological polar surface area (TPSA) is 48.5 Å². The van der Waals surface area contributed by atoms with Gasteiger partial charge in [-0.1, -0.05) is 12.1 Å². The summed E-state index contributed by atoms with van der Waals surface area (Å²) in [7, 11) is 0. The number of aryl methyl sites for hydroxylation is 2. The van der Waals surface area contributed by atoms with E-state index in [1.807, 2.05) is 22.8 Å². The van der Waals surface area contributed by atoms with Crippen molar-refractivity contribution >= 4 is 22.6 Å². The lowest BCUT2D eigenvalue weighted by Crippen LogP contribution is -2.11. The van der Waals surface area contributed by atoms with Gasteiger partial charge in [0.25, 0.3) is 0 Å². The zero-order chi connectivity index (χ0) is 13.9. The van der Waals surface area contributed by atoms with Gasteiger partial charge in [-0.2, -0.15) is 0 Å². The molecular weight excluding hydrogens is 274 g/mol. The molecule has 0 aliphatic heterocycles. The first kappa shape index (κ1) is 13.1. The number of para-hydroxylation sites is 2. The Labute approximate surface area is 122 Å². The third-order valence-electron chi connectivity index (χ3n) is 3.39. The number of halogens is 1. The molecule has 0 aliphatic rings. The standard InChI is InChI=1S/C14H16ClN5/c1-2-19-10-16-18-14(19)9-20-12-6-4-3-5-11(12)17-13(20)7-8-15/h3-6,10H,2,7-9H2,1H3. The summed E-state index contributed by atoms with van der Waals surface area (Å²) in [5.74, 6) is 2.49. The number of hydrogen-bond donors (Lipinski definition) is 0. The van der Waals surface area contributed by atoms with Crippen molar-refractivity contribution < 1.29 is 0 Å². The van der Waals surface area contributed by atoms with Gasteiger partial charge in [0.05, 0.1) is 17.6 Å². The van der Waals surface area contributed by atoms with E-state index in [1.54, 1.807) is 6.33 Å². The van der Waals surface area contributed by atoms with E-state index in [4.69, 9.17) is 11.6 Å². The van der Waals surface area contributed by atoms with E-state index in [9.17, 15) is 0 Å². The Morgan fingerprint density at radius 2 is 2.05 bits per heavy atom. The summed E-state index contributed by atoms with van der Waals surface area (Å²) in [6.07, 6.45) is 2.51. The second-order valence-corrected chi connectivity index (χ2v) is 4.95. The minimum atomic E-state index is 0.559. The fourth-order valence-electron chi connectivity index (χ4n) is 2.38. The van der Waals surface area contributed by atoms with Crippen LogP contribution in [-0.4, -0.2) is 30.2 Å². The maximum absolute atomic E-state index is 5.89. The summed E-state index contributed by atoms with van der Waals surface area (Å²) in [5.41, 5.74) is 2.11. The Bertz CT molecular complexity index is 715. The molecule has 6 heteroatoms. The molecule has 0 N–H and O–H groups in total. The average molecular weight is 290 g/mol. The molecule has 0 aliphatic carbocycles. The minimum absolute atomic E-state index is 0.559. The molecular formula is C14H16ClN5. The number of benzene rings is 1. The first-order valence-electron chi connectivity index (χ1n) is 6.70.